The molecule has 2 aromatic carbocycles. The van der Waals surface area contributed by atoms with Crippen molar-refractivity contribution in [2.24, 2.45) is 0 Å². The minimum Gasteiger partial charge on any atom is -0.447 e. The van der Waals surface area contributed by atoms with Crippen molar-refractivity contribution in [2.45, 2.75) is 19.3 Å². The summed E-state index contributed by atoms with van der Waals surface area (Å²) in [6.07, 6.45) is 10.6. The zero-order valence-electron chi connectivity index (χ0n) is 19.2. The van der Waals surface area contributed by atoms with Gasteiger partial charge in [-0.15, -0.1) is 0 Å². The second-order valence-corrected chi connectivity index (χ2v) is 8.20. The van der Waals surface area contributed by atoms with E-state index in [2.05, 4.69) is 16.0 Å². The van der Waals surface area contributed by atoms with E-state index in [0.717, 1.165) is 41.8 Å². The van der Waals surface area contributed by atoms with Gasteiger partial charge in [-0.25, -0.2) is 24.1 Å². The number of imidazole rings is 2. The number of carbonyl (C=O) groups is 2. The average molecular weight is 468 g/mol. The summed E-state index contributed by atoms with van der Waals surface area (Å²) in [5, 5.41) is 0. The van der Waals surface area contributed by atoms with E-state index < -0.39 is 6.09 Å². The number of allylic oxidation sites excluding steroid dienone is 2. The lowest BCUT2D eigenvalue weighted by Crippen LogP contribution is -2.36. The summed E-state index contributed by atoms with van der Waals surface area (Å²) in [6, 6.07) is 19.1. The molecule has 0 N–H and O–H groups in total. The number of amides is 1. The third-order valence-corrected chi connectivity index (χ3v) is 5.87. The second-order valence-electron chi connectivity index (χ2n) is 8.20. The molecule has 4 aromatic rings. The molecule has 8 heteroatoms. The molecule has 0 bridgehead atoms. The van der Waals surface area contributed by atoms with Crippen LogP contribution in [0.25, 0.3) is 22.5 Å². The van der Waals surface area contributed by atoms with Crippen molar-refractivity contribution in [3.8, 4) is 22.5 Å². The van der Waals surface area contributed by atoms with E-state index in [4.69, 9.17) is 4.74 Å². The van der Waals surface area contributed by atoms with Crippen LogP contribution in [-0.2, 0) is 4.74 Å². The van der Waals surface area contributed by atoms with Crippen molar-refractivity contribution in [1.29, 1.82) is 0 Å². The van der Waals surface area contributed by atoms with E-state index in [1.807, 2.05) is 60.7 Å². The predicted octanol–water partition coefficient (Wildman–Crippen LogP) is 5.44. The molecule has 0 fully saturated rings. The molecule has 0 spiro atoms. The molecule has 1 aliphatic rings. The first-order valence-corrected chi connectivity index (χ1v) is 11.6. The molecule has 1 amide bonds. The van der Waals surface area contributed by atoms with Gasteiger partial charge in [0.05, 0.1) is 17.9 Å². The lowest BCUT2D eigenvalue weighted by atomic mass is 10.2. The summed E-state index contributed by atoms with van der Waals surface area (Å²) in [5.41, 5.74) is 4.20. The first kappa shape index (κ1) is 22.3. The Morgan fingerprint density at radius 3 is 2.06 bits per heavy atom. The van der Waals surface area contributed by atoms with Gasteiger partial charge in [-0.05, 0) is 19.3 Å². The van der Waals surface area contributed by atoms with Gasteiger partial charge in [0.15, 0.2) is 0 Å². The lowest BCUT2D eigenvalue weighted by Gasteiger charge is -2.23. The monoisotopic (exact) mass is 467 g/mol. The summed E-state index contributed by atoms with van der Waals surface area (Å²) < 4.78 is 8.25. The Bertz CT molecular complexity index is 1340. The molecule has 35 heavy (non-hydrogen) atoms. The fraction of sp³-hybridized carbons (Fsp3) is 0.185. The van der Waals surface area contributed by atoms with Crippen LogP contribution in [0.5, 0.6) is 0 Å². The van der Waals surface area contributed by atoms with Crippen LogP contribution in [0.2, 0.25) is 0 Å². The molecule has 0 atom stereocenters. The zero-order chi connectivity index (χ0) is 24.0. The van der Waals surface area contributed by atoms with Crippen molar-refractivity contribution < 1.29 is 14.3 Å². The van der Waals surface area contributed by atoms with E-state index in [0.29, 0.717) is 5.69 Å². The number of nitrogens with zero attached hydrogens (tertiary/aromatic N) is 5. The molecule has 0 saturated carbocycles. The first-order chi connectivity index (χ1) is 17.2. The standard InChI is InChI=1S/C27H25N5O3/c33-26(30-17-24(28-19-30)21-9-3-1-4-10-21)32(23-13-7-8-14-23)15-16-35-27(34)31-18-25(29-20-31)22-11-5-2-6-12-22/h1-6,9-13,17-20H,7-8,14-16H2. The Labute approximate surface area is 203 Å². The Hall–Kier alpha value is -4.46. The highest BCUT2D eigenvalue weighted by atomic mass is 16.5. The van der Waals surface area contributed by atoms with Gasteiger partial charge >= 0.3 is 12.1 Å². The van der Waals surface area contributed by atoms with Crippen LogP contribution in [0.3, 0.4) is 0 Å². The van der Waals surface area contributed by atoms with Gasteiger partial charge < -0.3 is 4.74 Å². The smallest absolute Gasteiger partial charge is 0.419 e. The Kier molecular flexibility index (Phi) is 6.52. The van der Waals surface area contributed by atoms with Gasteiger partial charge in [0.1, 0.15) is 19.3 Å². The van der Waals surface area contributed by atoms with Crippen molar-refractivity contribution in [2.75, 3.05) is 13.2 Å². The molecular formula is C27H25N5O3. The van der Waals surface area contributed by atoms with E-state index in [1.54, 1.807) is 17.3 Å². The van der Waals surface area contributed by atoms with Gasteiger partial charge in [0.25, 0.3) is 0 Å². The molecule has 0 radical (unpaired) electrons. The maximum atomic E-state index is 13.3. The van der Waals surface area contributed by atoms with Crippen LogP contribution in [-0.4, -0.2) is 49.3 Å². The molecule has 2 aromatic heterocycles. The summed E-state index contributed by atoms with van der Waals surface area (Å²) >= 11 is 0. The third kappa shape index (κ3) is 5.06. The van der Waals surface area contributed by atoms with E-state index in [9.17, 15) is 9.59 Å². The molecule has 0 aliphatic heterocycles. The van der Waals surface area contributed by atoms with Gasteiger partial charge in [0.2, 0.25) is 0 Å². The van der Waals surface area contributed by atoms with Crippen LogP contribution in [0, 0.1) is 0 Å². The minimum absolute atomic E-state index is 0.0566. The quantitative estimate of drug-likeness (QED) is 0.377. The van der Waals surface area contributed by atoms with Crippen molar-refractivity contribution in [3.63, 3.8) is 0 Å². The van der Waals surface area contributed by atoms with Crippen LogP contribution in [0.1, 0.15) is 19.3 Å². The minimum atomic E-state index is -0.540. The Morgan fingerprint density at radius 1 is 0.857 bits per heavy atom. The van der Waals surface area contributed by atoms with Crippen LogP contribution >= 0.6 is 0 Å². The first-order valence-electron chi connectivity index (χ1n) is 11.6. The number of rotatable bonds is 6. The van der Waals surface area contributed by atoms with Crippen LogP contribution < -0.4 is 0 Å². The zero-order valence-corrected chi connectivity index (χ0v) is 19.2. The molecule has 1 aliphatic carbocycles. The Morgan fingerprint density at radius 2 is 1.46 bits per heavy atom. The largest absolute Gasteiger partial charge is 0.447 e. The summed E-state index contributed by atoms with van der Waals surface area (Å²) in [6.45, 7) is 0.302. The van der Waals surface area contributed by atoms with Crippen LogP contribution in [0.4, 0.5) is 9.59 Å². The lowest BCUT2D eigenvalue weighted by molar-refractivity contribution is 0.136. The van der Waals surface area contributed by atoms with Gasteiger partial charge in [0, 0.05) is 29.2 Å². The fourth-order valence-electron chi connectivity index (χ4n) is 4.07. The van der Waals surface area contributed by atoms with Crippen molar-refractivity contribution in [1.82, 2.24) is 24.0 Å². The highest BCUT2D eigenvalue weighted by Gasteiger charge is 2.23. The van der Waals surface area contributed by atoms with Gasteiger partial charge in [-0.2, -0.15) is 0 Å². The SMILES string of the molecule is O=C(OCCN(C(=O)n1cnc(-c2ccccc2)c1)C1=CCCC1)n1cnc(-c2ccccc2)c1. The average Bonchev–Trinajstić information content (AvgIpc) is 3.69. The molecule has 8 nitrogen and oxygen atoms in total. The molecule has 5 rings (SSSR count). The van der Waals surface area contributed by atoms with E-state index in [1.165, 1.54) is 21.8 Å². The van der Waals surface area contributed by atoms with E-state index in [-0.39, 0.29) is 19.2 Å². The normalized spacial score (nSPS) is 12.9. The molecular weight excluding hydrogens is 442 g/mol. The predicted molar refractivity (Wildman–Crippen MR) is 132 cm³/mol. The number of hydrogen-bond donors (Lipinski definition) is 0. The van der Waals surface area contributed by atoms with Crippen molar-refractivity contribution in [3.05, 3.63) is 97.5 Å². The second kappa shape index (κ2) is 10.2. The summed E-state index contributed by atoms with van der Waals surface area (Å²) in [5.74, 6) is 0. The summed E-state index contributed by atoms with van der Waals surface area (Å²) in [7, 11) is 0. The maximum absolute atomic E-state index is 13.3. The number of aromatic nitrogens is 4. The molecule has 0 saturated heterocycles. The molecule has 176 valence electrons. The number of carbonyl (C=O) groups excluding carboxylic acids is 2. The van der Waals surface area contributed by atoms with Crippen molar-refractivity contribution >= 4 is 12.1 Å². The fourth-order valence-corrected chi connectivity index (χ4v) is 4.07. The third-order valence-electron chi connectivity index (χ3n) is 5.87. The summed E-state index contributed by atoms with van der Waals surface area (Å²) in [4.78, 5) is 36.2. The molecule has 0 unspecified atom stereocenters. The number of benzene rings is 2. The van der Waals surface area contributed by atoms with Crippen LogP contribution in [0.15, 0.2) is 97.5 Å². The maximum Gasteiger partial charge on any atom is 0.419 e. The number of hydrogen-bond acceptors (Lipinski definition) is 5. The van der Waals surface area contributed by atoms with Gasteiger partial charge in [-0.3, -0.25) is 9.47 Å². The topological polar surface area (TPSA) is 82.3 Å². The number of ether oxygens (including phenoxy) is 1. The highest BCUT2D eigenvalue weighted by Crippen LogP contribution is 2.23. The highest BCUT2D eigenvalue weighted by molar-refractivity contribution is 5.80. The Balaban J connectivity index is 1.24. The van der Waals surface area contributed by atoms with Gasteiger partial charge in [-0.1, -0.05) is 66.7 Å². The van der Waals surface area contributed by atoms with E-state index >= 15 is 0 Å². The molecule has 2 heterocycles.